The van der Waals surface area contributed by atoms with E-state index in [2.05, 4.69) is 10.1 Å². The lowest BCUT2D eigenvalue weighted by Crippen LogP contribution is -2.07. The predicted octanol–water partition coefficient (Wildman–Crippen LogP) is 3.39. The second kappa shape index (κ2) is 5.78. The van der Waals surface area contributed by atoms with Gasteiger partial charge in [0.15, 0.2) is 11.6 Å². The maximum Gasteiger partial charge on any atom is 0.338 e. The van der Waals surface area contributed by atoms with Gasteiger partial charge in [0.2, 0.25) is 0 Å². The molecule has 3 N–H and O–H groups in total. The molecule has 0 radical (unpaired) electrons. The van der Waals surface area contributed by atoms with Gasteiger partial charge in [0.25, 0.3) is 0 Å². The van der Waals surface area contributed by atoms with E-state index < -0.39 is 17.6 Å². The molecule has 0 aliphatic rings. The van der Waals surface area contributed by atoms with Gasteiger partial charge in [0, 0.05) is 5.69 Å². The normalized spacial score (nSPS) is 10.3. The van der Waals surface area contributed by atoms with Crippen LogP contribution in [0.4, 0.5) is 25.8 Å². The average Bonchev–Trinajstić information content (AvgIpc) is 2.48. The van der Waals surface area contributed by atoms with Crippen LogP contribution in [-0.2, 0) is 4.74 Å². The van der Waals surface area contributed by atoms with Gasteiger partial charge < -0.3 is 15.8 Å². The molecule has 0 aliphatic heterocycles. The quantitative estimate of drug-likeness (QED) is 0.672. The van der Waals surface area contributed by atoms with E-state index in [0.717, 1.165) is 6.07 Å². The second-order valence-corrected chi connectivity index (χ2v) is 4.42. The Morgan fingerprint density at radius 1 is 1.24 bits per heavy atom. The summed E-state index contributed by atoms with van der Waals surface area (Å²) < 4.78 is 31.7. The molecule has 2 rings (SSSR count). The lowest BCUT2D eigenvalue weighted by Gasteiger charge is -2.14. The molecular formula is C15H14F2N2O2. The van der Waals surface area contributed by atoms with Gasteiger partial charge in [-0.15, -0.1) is 0 Å². The van der Waals surface area contributed by atoms with Gasteiger partial charge in [-0.3, -0.25) is 0 Å². The molecule has 0 unspecified atom stereocenters. The smallest absolute Gasteiger partial charge is 0.338 e. The van der Waals surface area contributed by atoms with Crippen LogP contribution in [0.5, 0.6) is 0 Å². The molecule has 0 amide bonds. The molecule has 21 heavy (non-hydrogen) atoms. The van der Waals surface area contributed by atoms with Gasteiger partial charge in [-0.1, -0.05) is 6.07 Å². The number of methoxy groups -OCH3 is 1. The summed E-state index contributed by atoms with van der Waals surface area (Å²) in [7, 11) is 1.27. The minimum Gasteiger partial charge on any atom is -0.465 e. The number of rotatable bonds is 3. The number of benzene rings is 2. The van der Waals surface area contributed by atoms with Crippen molar-refractivity contribution < 1.29 is 18.3 Å². The number of nitrogens with one attached hydrogen (secondary N) is 1. The highest BCUT2D eigenvalue weighted by atomic mass is 19.2. The first-order valence-corrected chi connectivity index (χ1v) is 6.14. The van der Waals surface area contributed by atoms with E-state index in [9.17, 15) is 13.6 Å². The molecule has 2 aromatic rings. The molecule has 0 aromatic heterocycles. The second-order valence-electron chi connectivity index (χ2n) is 4.42. The molecule has 0 bridgehead atoms. The van der Waals surface area contributed by atoms with Crippen molar-refractivity contribution in [3.8, 4) is 0 Å². The Morgan fingerprint density at radius 2 is 1.95 bits per heavy atom. The number of halogens is 2. The highest BCUT2D eigenvalue weighted by Crippen LogP contribution is 2.30. The minimum atomic E-state index is -1.07. The third-order valence-corrected chi connectivity index (χ3v) is 3.13. The largest absolute Gasteiger partial charge is 0.465 e. The van der Waals surface area contributed by atoms with E-state index in [1.807, 2.05) is 0 Å². The summed E-state index contributed by atoms with van der Waals surface area (Å²) in [4.78, 5) is 11.6. The zero-order chi connectivity index (χ0) is 15.6. The zero-order valence-electron chi connectivity index (χ0n) is 11.5. The van der Waals surface area contributed by atoms with E-state index >= 15 is 0 Å². The van der Waals surface area contributed by atoms with Gasteiger partial charge in [-0.2, -0.15) is 0 Å². The molecule has 2 aromatic carbocycles. The van der Waals surface area contributed by atoms with E-state index in [1.165, 1.54) is 13.2 Å². The summed E-state index contributed by atoms with van der Waals surface area (Å²) in [6, 6.07) is 7.03. The minimum absolute atomic E-state index is 0.0665. The first-order valence-electron chi connectivity index (χ1n) is 6.14. The topological polar surface area (TPSA) is 64.3 Å². The van der Waals surface area contributed by atoms with Gasteiger partial charge >= 0.3 is 5.97 Å². The Kier molecular flexibility index (Phi) is 4.07. The van der Waals surface area contributed by atoms with Crippen LogP contribution in [-0.4, -0.2) is 13.1 Å². The van der Waals surface area contributed by atoms with Crippen LogP contribution >= 0.6 is 0 Å². The summed E-state index contributed by atoms with van der Waals surface area (Å²) in [6.07, 6.45) is 0. The number of esters is 1. The summed E-state index contributed by atoms with van der Waals surface area (Å²) in [5.74, 6) is -2.59. The van der Waals surface area contributed by atoms with Crippen molar-refractivity contribution >= 4 is 23.0 Å². The zero-order valence-corrected chi connectivity index (χ0v) is 11.5. The van der Waals surface area contributed by atoms with Crippen molar-refractivity contribution in [1.29, 1.82) is 0 Å². The predicted molar refractivity (Wildman–Crippen MR) is 76.6 cm³/mol. The molecule has 0 spiro atoms. The third-order valence-electron chi connectivity index (χ3n) is 3.13. The van der Waals surface area contributed by atoms with Crippen LogP contribution in [0.2, 0.25) is 0 Å². The summed E-state index contributed by atoms with van der Waals surface area (Å²) in [5, 5.41) is 2.72. The fourth-order valence-electron chi connectivity index (χ4n) is 1.93. The number of hydrogen-bond donors (Lipinski definition) is 2. The SMILES string of the molecule is COC(=O)c1cccc(Nc2c(N)ccc(F)c2F)c1C. The third kappa shape index (κ3) is 2.79. The summed E-state index contributed by atoms with van der Waals surface area (Å²) in [6.45, 7) is 1.67. The number of hydrogen-bond acceptors (Lipinski definition) is 4. The Labute approximate surface area is 120 Å². The fraction of sp³-hybridized carbons (Fsp3) is 0.133. The highest BCUT2D eigenvalue weighted by Gasteiger charge is 2.16. The Balaban J connectivity index is 2.46. The van der Waals surface area contributed by atoms with E-state index in [4.69, 9.17) is 5.73 Å². The molecule has 6 heteroatoms. The van der Waals surface area contributed by atoms with Crippen LogP contribution in [0.1, 0.15) is 15.9 Å². The number of nitrogen functional groups attached to an aromatic ring is 1. The number of ether oxygens (including phenoxy) is 1. The molecule has 110 valence electrons. The van der Waals surface area contributed by atoms with E-state index in [-0.39, 0.29) is 11.4 Å². The Hall–Kier alpha value is -2.63. The molecule has 0 atom stereocenters. The van der Waals surface area contributed by atoms with Crippen LogP contribution in [0.3, 0.4) is 0 Å². The molecule has 0 saturated heterocycles. The number of carbonyl (C=O) groups excluding carboxylic acids is 1. The van der Waals surface area contributed by atoms with E-state index in [0.29, 0.717) is 16.8 Å². The van der Waals surface area contributed by atoms with Crippen LogP contribution < -0.4 is 11.1 Å². The summed E-state index contributed by atoms with van der Waals surface area (Å²) >= 11 is 0. The maximum absolute atomic E-state index is 13.8. The van der Waals surface area contributed by atoms with Crippen LogP contribution in [0.25, 0.3) is 0 Å². The number of anilines is 3. The molecule has 0 aliphatic carbocycles. The van der Waals surface area contributed by atoms with Crippen LogP contribution in [0, 0.1) is 18.6 Å². The fourth-order valence-corrected chi connectivity index (χ4v) is 1.93. The highest BCUT2D eigenvalue weighted by molar-refractivity contribution is 5.93. The van der Waals surface area contributed by atoms with Gasteiger partial charge in [0.05, 0.1) is 18.4 Å². The molecule has 0 fully saturated rings. The van der Waals surface area contributed by atoms with Crippen molar-refractivity contribution in [2.24, 2.45) is 0 Å². The van der Waals surface area contributed by atoms with Crippen molar-refractivity contribution in [3.63, 3.8) is 0 Å². The van der Waals surface area contributed by atoms with Crippen LogP contribution in [0.15, 0.2) is 30.3 Å². The van der Waals surface area contributed by atoms with Gasteiger partial charge in [0.1, 0.15) is 5.69 Å². The van der Waals surface area contributed by atoms with Crippen molar-refractivity contribution in [2.45, 2.75) is 6.92 Å². The maximum atomic E-state index is 13.8. The molecule has 0 saturated carbocycles. The lowest BCUT2D eigenvalue weighted by molar-refractivity contribution is 0.0600. The monoisotopic (exact) mass is 292 g/mol. The van der Waals surface area contributed by atoms with Crippen molar-refractivity contribution in [3.05, 3.63) is 53.1 Å². The molecule has 4 nitrogen and oxygen atoms in total. The molecule has 0 heterocycles. The average molecular weight is 292 g/mol. The Morgan fingerprint density at radius 3 is 2.62 bits per heavy atom. The number of nitrogens with two attached hydrogens (primary N) is 1. The lowest BCUT2D eigenvalue weighted by atomic mass is 10.1. The van der Waals surface area contributed by atoms with E-state index in [1.54, 1.807) is 25.1 Å². The van der Waals surface area contributed by atoms with Gasteiger partial charge in [-0.05, 0) is 36.8 Å². The van der Waals surface area contributed by atoms with Gasteiger partial charge in [-0.25, -0.2) is 13.6 Å². The Bertz CT molecular complexity index is 702. The standard InChI is InChI=1S/C15H14F2N2O2/c1-8-9(15(20)21-2)4-3-5-12(8)19-14-11(18)7-6-10(16)13(14)17/h3-7,19H,18H2,1-2H3. The van der Waals surface area contributed by atoms with Crippen molar-refractivity contribution in [2.75, 3.05) is 18.2 Å². The van der Waals surface area contributed by atoms with Crippen molar-refractivity contribution in [1.82, 2.24) is 0 Å². The first kappa shape index (κ1) is 14.8. The first-order chi connectivity index (χ1) is 9.95. The molecular weight excluding hydrogens is 278 g/mol. The number of carbonyl (C=O) groups is 1. The summed E-state index contributed by atoms with van der Waals surface area (Å²) in [5.41, 5.74) is 6.87.